The molecule has 0 fully saturated rings. The highest BCUT2D eigenvalue weighted by Gasteiger charge is 2.15. The minimum atomic E-state index is -3.23. The molecule has 0 aliphatic heterocycles. The molecule has 0 radical (unpaired) electrons. The lowest BCUT2D eigenvalue weighted by atomic mass is 10.3. The van der Waals surface area contributed by atoms with E-state index in [0.717, 1.165) is 21.7 Å². The molecule has 3 rings (SSSR count). The maximum absolute atomic E-state index is 12.2. The van der Waals surface area contributed by atoms with E-state index in [2.05, 4.69) is 9.71 Å². The van der Waals surface area contributed by atoms with Crippen molar-refractivity contribution in [2.45, 2.75) is 12.8 Å². The third-order valence-corrected chi connectivity index (χ3v) is 7.22. The zero-order chi connectivity index (χ0) is 20.9. The molecule has 0 bridgehead atoms. The number of ketones is 1. The Hall–Kier alpha value is -1.92. The third kappa shape index (κ3) is 6.82. The van der Waals surface area contributed by atoms with E-state index in [1.165, 1.54) is 22.7 Å². The number of hydrogen-bond donors (Lipinski definition) is 1. The van der Waals surface area contributed by atoms with E-state index < -0.39 is 16.0 Å². The van der Waals surface area contributed by atoms with Crippen molar-refractivity contribution in [1.82, 2.24) is 9.71 Å². The summed E-state index contributed by atoms with van der Waals surface area (Å²) in [6.07, 6.45) is 1.60. The summed E-state index contributed by atoms with van der Waals surface area (Å²) in [5.41, 5.74) is 1.64. The Bertz CT molecular complexity index is 1080. The van der Waals surface area contributed by atoms with E-state index in [4.69, 9.17) is 4.74 Å². The average Bonchev–Trinajstić information content (AvgIpc) is 3.39. The molecule has 3 heterocycles. The van der Waals surface area contributed by atoms with Gasteiger partial charge in [-0.1, -0.05) is 0 Å². The number of thiophene rings is 2. The van der Waals surface area contributed by atoms with Crippen LogP contribution < -0.4 is 4.72 Å². The predicted octanol–water partition coefficient (Wildman–Crippen LogP) is 2.99. The Labute approximate surface area is 180 Å². The lowest BCUT2D eigenvalue weighted by molar-refractivity contribution is -0.141. The first kappa shape index (κ1) is 21.8. The van der Waals surface area contributed by atoms with Crippen LogP contribution in [0.3, 0.4) is 0 Å². The number of sulfonamides is 1. The van der Waals surface area contributed by atoms with Crippen LogP contribution in [-0.2, 0) is 32.4 Å². The first-order valence-corrected chi connectivity index (χ1v) is 13.0. The van der Waals surface area contributed by atoms with Gasteiger partial charge in [-0.15, -0.1) is 22.7 Å². The summed E-state index contributed by atoms with van der Waals surface area (Å²) >= 11 is 4.31. The Morgan fingerprint density at radius 1 is 1.21 bits per heavy atom. The molecule has 0 saturated heterocycles. The van der Waals surface area contributed by atoms with Crippen LogP contribution in [0.4, 0.5) is 0 Å². The fourth-order valence-corrected chi connectivity index (χ4v) is 5.28. The van der Waals surface area contributed by atoms with Gasteiger partial charge < -0.3 is 4.74 Å². The fraction of sp³-hybridized carbons (Fsp3) is 0.278. The number of aromatic nitrogens is 1. The second-order valence-electron chi connectivity index (χ2n) is 6.10. The van der Waals surface area contributed by atoms with Crippen molar-refractivity contribution in [2.75, 3.05) is 19.4 Å². The van der Waals surface area contributed by atoms with E-state index >= 15 is 0 Å². The Morgan fingerprint density at radius 3 is 2.76 bits per heavy atom. The first-order valence-electron chi connectivity index (χ1n) is 8.49. The van der Waals surface area contributed by atoms with Crippen molar-refractivity contribution >= 4 is 55.8 Å². The van der Waals surface area contributed by atoms with Crippen LogP contribution in [0.1, 0.15) is 20.2 Å². The van der Waals surface area contributed by atoms with Crippen molar-refractivity contribution < 1.29 is 22.7 Å². The number of nitrogens with one attached hydrogen (secondary N) is 1. The van der Waals surface area contributed by atoms with Gasteiger partial charge in [0.05, 0.1) is 23.2 Å². The van der Waals surface area contributed by atoms with Crippen LogP contribution >= 0.6 is 34.0 Å². The standard InChI is InChI=1S/C18H18N2O5S4/c1-29(23,24)19-6-4-14-2-3-16(28-14)15(21)9-25-17(22)8-13-11-27-18(20-13)12-5-7-26-10-12/h2-3,5,7,10-11,19H,4,6,8-9H2,1H3. The van der Waals surface area contributed by atoms with Gasteiger partial charge in [-0.25, -0.2) is 18.1 Å². The van der Waals surface area contributed by atoms with Crippen molar-refractivity contribution in [1.29, 1.82) is 0 Å². The van der Waals surface area contributed by atoms with Crippen LogP contribution in [0.25, 0.3) is 10.6 Å². The molecule has 0 saturated carbocycles. The fourth-order valence-electron chi connectivity index (χ4n) is 2.34. The summed E-state index contributed by atoms with van der Waals surface area (Å²) in [5, 5.41) is 6.62. The maximum Gasteiger partial charge on any atom is 0.312 e. The summed E-state index contributed by atoms with van der Waals surface area (Å²) in [4.78, 5) is 30.0. The molecule has 0 spiro atoms. The molecule has 3 aromatic heterocycles. The van der Waals surface area contributed by atoms with Crippen molar-refractivity contribution in [2.24, 2.45) is 0 Å². The van der Waals surface area contributed by atoms with Crippen LogP contribution in [0.15, 0.2) is 34.3 Å². The van der Waals surface area contributed by atoms with Gasteiger partial charge >= 0.3 is 5.97 Å². The monoisotopic (exact) mass is 470 g/mol. The van der Waals surface area contributed by atoms with Crippen LogP contribution in [-0.4, -0.2) is 44.6 Å². The molecule has 0 aliphatic rings. The van der Waals surface area contributed by atoms with Gasteiger partial charge in [-0.3, -0.25) is 9.59 Å². The number of nitrogens with zero attached hydrogens (tertiary/aromatic N) is 1. The zero-order valence-corrected chi connectivity index (χ0v) is 18.7. The van der Waals surface area contributed by atoms with Crippen molar-refractivity contribution in [3.63, 3.8) is 0 Å². The van der Waals surface area contributed by atoms with Crippen molar-refractivity contribution in [3.05, 3.63) is 49.8 Å². The molecule has 3 aromatic rings. The summed E-state index contributed by atoms with van der Waals surface area (Å²) < 4.78 is 29.6. The van der Waals surface area contributed by atoms with E-state index in [9.17, 15) is 18.0 Å². The van der Waals surface area contributed by atoms with E-state index in [-0.39, 0.29) is 25.4 Å². The number of thiazole rings is 1. The van der Waals surface area contributed by atoms with Gasteiger partial charge in [0.1, 0.15) is 5.01 Å². The minimum Gasteiger partial charge on any atom is -0.457 e. The largest absolute Gasteiger partial charge is 0.457 e. The molecular formula is C18H18N2O5S4. The molecule has 0 unspecified atom stereocenters. The molecule has 29 heavy (non-hydrogen) atoms. The highest BCUT2D eigenvalue weighted by atomic mass is 32.2. The third-order valence-electron chi connectivity index (χ3n) is 3.68. The Balaban J connectivity index is 1.45. The normalized spacial score (nSPS) is 11.5. The Kier molecular flexibility index (Phi) is 7.30. The quantitative estimate of drug-likeness (QED) is 0.361. The average molecular weight is 471 g/mol. The first-order chi connectivity index (χ1) is 13.8. The number of rotatable bonds is 10. The van der Waals surface area contributed by atoms with Gasteiger partial charge in [0, 0.05) is 27.7 Å². The predicted molar refractivity (Wildman–Crippen MR) is 115 cm³/mol. The maximum atomic E-state index is 12.2. The highest BCUT2D eigenvalue weighted by molar-refractivity contribution is 7.88. The van der Waals surface area contributed by atoms with E-state index in [1.54, 1.807) is 23.5 Å². The highest BCUT2D eigenvalue weighted by Crippen LogP contribution is 2.26. The van der Waals surface area contributed by atoms with E-state index in [0.29, 0.717) is 17.0 Å². The van der Waals surface area contributed by atoms with Gasteiger partial charge in [0.25, 0.3) is 0 Å². The lowest BCUT2D eigenvalue weighted by Crippen LogP contribution is -2.24. The van der Waals surface area contributed by atoms with Gasteiger partial charge in [0.15, 0.2) is 6.61 Å². The minimum absolute atomic E-state index is 0.0147. The second-order valence-corrected chi connectivity index (χ2v) is 10.7. The molecule has 0 aliphatic carbocycles. The number of carbonyl (C=O) groups excluding carboxylic acids is 2. The summed E-state index contributed by atoms with van der Waals surface area (Å²) in [6.45, 7) is -0.0646. The topological polar surface area (TPSA) is 102 Å². The summed E-state index contributed by atoms with van der Waals surface area (Å²) in [7, 11) is -3.23. The van der Waals surface area contributed by atoms with E-state index in [1.807, 2.05) is 22.2 Å². The molecule has 1 N–H and O–H groups in total. The lowest BCUT2D eigenvalue weighted by Gasteiger charge is -2.02. The van der Waals surface area contributed by atoms with Gasteiger partial charge in [0.2, 0.25) is 15.8 Å². The molecular weight excluding hydrogens is 452 g/mol. The number of esters is 1. The van der Waals surface area contributed by atoms with Crippen LogP contribution in [0.5, 0.6) is 0 Å². The molecule has 0 atom stereocenters. The van der Waals surface area contributed by atoms with Crippen LogP contribution in [0, 0.1) is 0 Å². The molecule has 0 amide bonds. The number of hydrogen-bond acceptors (Lipinski definition) is 9. The SMILES string of the molecule is CS(=O)(=O)NCCc1ccc(C(=O)COC(=O)Cc2csc(-c3ccsc3)n2)s1. The number of ether oxygens (including phenoxy) is 1. The molecule has 11 heteroatoms. The smallest absolute Gasteiger partial charge is 0.312 e. The molecule has 154 valence electrons. The summed E-state index contributed by atoms with van der Waals surface area (Å²) in [6, 6.07) is 5.39. The van der Waals surface area contributed by atoms with Gasteiger partial charge in [-0.05, 0) is 30.0 Å². The van der Waals surface area contributed by atoms with Gasteiger partial charge in [-0.2, -0.15) is 11.3 Å². The number of carbonyl (C=O) groups is 2. The van der Waals surface area contributed by atoms with Crippen LogP contribution in [0.2, 0.25) is 0 Å². The molecule has 7 nitrogen and oxygen atoms in total. The zero-order valence-electron chi connectivity index (χ0n) is 15.4. The van der Waals surface area contributed by atoms with Crippen molar-refractivity contribution in [3.8, 4) is 10.6 Å². The number of Topliss-reactive ketones (excluding diaryl/α,β-unsaturated/α-hetero) is 1. The summed E-state index contributed by atoms with van der Waals surface area (Å²) in [5.74, 6) is -0.794. The second kappa shape index (κ2) is 9.72. The molecule has 0 aromatic carbocycles. The Morgan fingerprint density at radius 2 is 2.03 bits per heavy atom.